The second-order valence-electron chi connectivity index (χ2n) is 4.97. The minimum absolute atomic E-state index is 0.0477. The molecule has 1 saturated heterocycles. The Labute approximate surface area is 119 Å². The summed E-state index contributed by atoms with van der Waals surface area (Å²) in [6, 6.07) is 0. The van der Waals surface area contributed by atoms with Crippen molar-refractivity contribution in [3.05, 3.63) is 12.7 Å². The monoisotopic (exact) mass is 282 g/mol. The maximum absolute atomic E-state index is 12.4. The number of ether oxygens (including phenoxy) is 1. The molecule has 1 aliphatic heterocycles. The lowest BCUT2D eigenvalue weighted by atomic mass is 9.99. The number of hydrogen-bond acceptors (Lipinski definition) is 4. The van der Waals surface area contributed by atoms with Gasteiger partial charge in [0, 0.05) is 13.1 Å². The number of esters is 1. The van der Waals surface area contributed by atoms with E-state index in [9.17, 15) is 14.4 Å². The van der Waals surface area contributed by atoms with Gasteiger partial charge in [-0.2, -0.15) is 0 Å². The van der Waals surface area contributed by atoms with Gasteiger partial charge in [0.25, 0.3) is 0 Å². The van der Waals surface area contributed by atoms with Gasteiger partial charge in [0.2, 0.25) is 11.8 Å². The van der Waals surface area contributed by atoms with Crippen molar-refractivity contribution in [2.75, 3.05) is 26.7 Å². The van der Waals surface area contributed by atoms with Gasteiger partial charge in [-0.1, -0.05) is 6.58 Å². The van der Waals surface area contributed by atoms with Crippen molar-refractivity contribution in [1.82, 2.24) is 9.80 Å². The van der Waals surface area contributed by atoms with Gasteiger partial charge in [-0.05, 0) is 32.8 Å². The molecule has 112 valence electrons. The number of hydrogen-bond donors (Lipinski definition) is 0. The van der Waals surface area contributed by atoms with Crippen LogP contribution >= 0.6 is 0 Å². The number of carbonyl (C=O) groups is 3. The van der Waals surface area contributed by atoms with Crippen LogP contribution in [0, 0.1) is 0 Å². The second kappa shape index (κ2) is 6.54. The molecule has 20 heavy (non-hydrogen) atoms. The zero-order valence-corrected chi connectivity index (χ0v) is 12.3. The zero-order chi connectivity index (χ0) is 15.3. The molecule has 0 aromatic heterocycles. The van der Waals surface area contributed by atoms with E-state index < -0.39 is 11.5 Å². The van der Waals surface area contributed by atoms with Crippen molar-refractivity contribution in [1.29, 1.82) is 0 Å². The fraction of sp³-hybridized carbons (Fsp3) is 0.643. The van der Waals surface area contributed by atoms with Gasteiger partial charge < -0.3 is 14.5 Å². The van der Waals surface area contributed by atoms with Gasteiger partial charge in [-0.25, -0.2) is 4.79 Å². The second-order valence-corrected chi connectivity index (χ2v) is 4.97. The Kier molecular flexibility index (Phi) is 5.30. The summed E-state index contributed by atoms with van der Waals surface area (Å²) in [5, 5.41) is 0. The summed E-state index contributed by atoms with van der Waals surface area (Å²) in [5.74, 6) is -0.950. The van der Waals surface area contributed by atoms with Gasteiger partial charge in [-0.3, -0.25) is 9.59 Å². The van der Waals surface area contributed by atoms with Crippen molar-refractivity contribution in [3.63, 3.8) is 0 Å². The average Bonchev–Trinajstić information content (AvgIpc) is 2.85. The van der Waals surface area contributed by atoms with Crippen molar-refractivity contribution in [2.45, 2.75) is 32.2 Å². The smallest absolute Gasteiger partial charge is 0.331 e. The predicted octanol–water partition coefficient (Wildman–Crippen LogP) is 0.575. The lowest BCUT2D eigenvalue weighted by Gasteiger charge is -2.33. The molecule has 2 amide bonds. The molecule has 1 unspecified atom stereocenters. The SMILES string of the molecule is C=CC(=O)N(CC)CC(=O)N1CCCC1(C)C(=O)OC. The standard InChI is InChI=1S/C14H22N2O4/c1-5-11(17)15(6-2)10-12(18)16-9-7-8-14(16,3)13(19)20-4/h5H,1,6-10H2,2-4H3. The Hall–Kier alpha value is -1.85. The Morgan fingerprint density at radius 3 is 2.60 bits per heavy atom. The average molecular weight is 282 g/mol. The Morgan fingerprint density at radius 2 is 2.10 bits per heavy atom. The first-order valence-electron chi connectivity index (χ1n) is 6.71. The lowest BCUT2D eigenvalue weighted by Crippen LogP contribution is -2.54. The van der Waals surface area contributed by atoms with Crippen LogP contribution in [0.2, 0.25) is 0 Å². The van der Waals surface area contributed by atoms with Crippen LogP contribution in [0.25, 0.3) is 0 Å². The molecule has 0 aromatic rings. The first kappa shape index (κ1) is 16.2. The number of rotatable bonds is 5. The highest BCUT2D eigenvalue weighted by atomic mass is 16.5. The largest absolute Gasteiger partial charge is 0.467 e. The molecular weight excluding hydrogens is 260 g/mol. The third kappa shape index (κ3) is 3.00. The molecule has 0 aromatic carbocycles. The normalized spacial score (nSPS) is 21.4. The highest BCUT2D eigenvalue weighted by Crippen LogP contribution is 2.30. The summed E-state index contributed by atoms with van der Waals surface area (Å²) in [4.78, 5) is 38.7. The molecule has 0 N–H and O–H groups in total. The molecular formula is C14H22N2O4. The van der Waals surface area contributed by atoms with E-state index >= 15 is 0 Å². The molecule has 0 saturated carbocycles. The number of carbonyl (C=O) groups excluding carboxylic acids is 3. The number of nitrogens with zero attached hydrogens (tertiary/aromatic N) is 2. The van der Waals surface area contributed by atoms with Gasteiger partial charge in [-0.15, -0.1) is 0 Å². The third-order valence-corrected chi connectivity index (χ3v) is 3.76. The van der Waals surface area contributed by atoms with E-state index in [-0.39, 0.29) is 18.4 Å². The zero-order valence-electron chi connectivity index (χ0n) is 12.3. The van der Waals surface area contributed by atoms with Crippen LogP contribution < -0.4 is 0 Å². The van der Waals surface area contributed by atoms with E-state index in [0.717, 1.165) is 6.42 Å². The summed E-state index contributed by atoms with van der Waals surface area (Å²) >= 11 is 0. The molecule has 0 aliphatic carbocycles. The topological polar surface area (TPSA) is 66.9 Å². The predicted molar refractivity (Wildman–Crippen MR) is 73.8 cm³/mol. The minimum atomic E-state index is -0.928. The fourth-order valence-corrected chi connectivity index (χ4v) is 2.52. The summed E-state index contributed by atoms with van der Waals surface area (Å²) in [6.45, 7) is 7.78. The molecule has 6 nitrogen and oxygen atoms in total. The number of methoxy groups -OCH3 is 1. The van der Waals surface area contributed by atoms with E-state index in [2.05, 4.69) is 6.58 Å². The Bertz CT molecular complexity index is 421. The Morgan fingerprint density at radius 1 is 1.45 bits per heavy atom. The Balaban J connectivity index is 2.83. The van der Waals surface area contributed by atoms with E-state index in [1.54, 1.807) is 13.8 Å². The van der Waals surface area contributed by atoms with Crippen LogP contribution in [0.1, 0.15) is 26.7 Å². The van der Waals surface area contributed by atoms with E-state index in [1.807, 2.05) is 0 Å². The van der Waals surface area contributed by atoms with Gasteiger partial charge in [0.05, 0.1) is 7.11 Å². The van der Waals surface area contributed by atoms with Gasteiger partial charge in [0.1, 0.15) is 12.1 Å². The first-order chi connectivity index (χ1) is 9.40. The van der Waals surface area contributed by atoms with E-state index in [4.69, 9.17) is 4.74 Å². The van der Waals surface area contributed by atoms with Gasteiger partial charge >= 0.3 is 5.97 Å². The molecule has 0 bridgehead atoms. The number of likely N-dealkylation sites (N-methyl/N-ethyl adjacent to an activating group) is 1. The number of likely N-dealkylation sites (tertiary alicyclic amines) is 1. The fourth-order valence-electron chi connectivity index (χ4n) is 2.52. The summed E-state index contributed by atoms with van der Waals surface area (Å²) in [7, 11) is 1.31. The van der Waals surface area contributed by atoms with Crippen LogP contribution in [-0.4, -0.2) is 59.9 Å². The molecule has 0 radical (unpaired) electrons. The highest BCUT2D eigenvalue weighted by Gasteiger charge is 2.46. The van der Waals surface area contributed by atoms with Crippen molar-refractivity contribution >= 4 is 17.8 Å². The molecule has 1 atom stereocenters. The summed E-state index contributed by atoms with van der Waals surface area (Å²) in [5.41, 5.74) is -0.928. The summed E-state index contributed by atoms with van der Waals surface area (Å²) in [6.07, 6.45) is 2.51. The van der Waals surface area contributed by atoms with Crippen LogP contribution in [0.5, 0.6) is 0 Å². The van der Waals surface area contributed by atoms with Gasteiger partial charge in [0.15, 0.2) is 0 Å². The van der Waals surface area contributed by atoms with E-state index in [1.165, 1.54) is 23.0 Å². The maximum atomic E-state index is 12.4. The van der Waals surface area contributed by atoms with Crippen molar-refractivity contribution < 1.29 is 19.1 Å². The van der Waals surface area contributed by atoms with E-state index in [0.29, 0.717) is 19.5 Å². The first-order valence-corrected chi connectivity index (χ1v) is 6.71. The van der Waals surface area contributed by atoms with Crippen LogP contribution in [0.15, 0.2) is 12.7 Å². The molecule has 1 rings (SSSR count). The summed E-state index contributed by atoms with van der Waals surface area (Å²) < 4.78 is 4.79. The molecule has 0 spiro atoms. The molecule has 1 heterocycles. The van der Waals surface area contributed by atoms with Crippen molar-refractivity contribution in [3.8, 4) is 0 Å². The minimum Gasteiger partial charge on any atom is -0.467 e. The third-order valence-electron chi connectivity index (χ3n) is 3.76. The number of amides is 2. The quantitative estimate of drug-likeness (QED) is 0.546. The maximum Gasteiger partial charge on any atom is 0.331 e. The van der Waals surface area contributed by atoms with Crippen LogP contribution in [0.3, 0.4) is 0 Å². The molecule has 1 fully saturated rings. The highest BCUT2D eigenvalue weighted by molar-refractivity contribution is 5.93. The van der Waals surface area contributed by atoms with Crippen LogP contribution in [0.4, 0.5) is 0 Å². The molecule has 1 aliphatic rings. The molecule has 6 heteroatoms. The lowest BCUT2D eigenvalue weighted by molar-refractivity contribution is -0.158. The van der Waals surface area contributed by atoms with Crippen molar-refractivity contribution in [2.24, 2.45) is 0 Å². The van der Waals surface area contributed by atoms with Crippen LogP contribution in [-0.2, 0) is 19.1 Å².